The van der Waals surface area contributed by atoms with Crippen molar-refractivity contribution in [1.29, 1.82) is 0 Å². The second kappa shape index (κ2) is 4.57. The summed E-state index contributed by atoms with van der Waals surface area (Å²) in [5.41, 5.74) is 1.80. The Bertz CT molecular complexity index is 637. The largest absolute Gasteiger partial charge is 0.363 e. The molecule has 0 saturated heterocycles. The third-order valence-electron chi connectivity index (χ3n) is 2.99. The van der Waals surface area contributed by atoms with Gasteiger partial charge in [0.15, 0.2) is 0 Å². The molecule has 0 saturated carbocycles. The van der Waals surface area contributed by atoms with Crippen molar-refractivity contribution in [3.05, 3.63) is 71.3 Å². The standard InChI is InChI=1S/C15H11NO3/c17-14(11-6-2-1-3-7-11)16-10-12-8-4-5-9-13(12)15(18)19-16/h1-9H,10H2. The van der Waals surface area contributed by atoms with E-state index < -0.39 is 5.97 Å². The van der Waals surface area contributed by atoms with Crippen molar-refractivity contribution in [2.75, 3.05) is 0 Å². The average Bonchev–Trinajstić information content (AvgIpc) is 2.47. The summed E-state index contributed by atoms with van der Waals surface area (Å²) < 4.78 is 0. The van der Waals surface area contributed by atoms with Crippen LogP contribution in [-0.2, 0) is 11.4 Å². The first-order chi connectivity index (χ1) is 9.25. The van der Waals surface area contributed by atoms with E-state index in [0.717, 1.165) is 10.6 Å². The van der Waals surface area contributed by atoms with E-state index >= 15 is 0 Å². The van der Waals surface area contributed by atoms with Crippen LogP contribution >= 0.6 is 0 Å². The molecular weight excluding hydrogens is 242 g/mol. The van der Waals surface area contributed by atoms with Gasteiger partial charge in [0.25, 0.3) is 5.91 Å². The Hall–Kier alpha value is -2.62. The molecule has 0 aromatic heterocycles. The van der Waals surface area contributed by atoms with Crippen molar-refractivity contribution >= 4 is 11.9 Å². The number of benzene rings is 2. The van der Waals surface area contributed by atoms with Crippen molar-refractivity contribution in [3.63, 3.8) is 0 Å². The maximum Gasteiger partial charge on any atom is 0.363 e. The van der Waals surface area contributed by atoms with E-state index in [1.54, 1.807) is 36.4 Å². The molecule has 2 aromatic carbocycles. The molecule has 94 valence electrons. The lowest BCUT2D eigenvalue weighted by Gasteiger charge is -2.26. The summed E-state index contributed by atoms with van der Waals surface area (Å²) in [6.07, 6.45) is 0. The van der Waals surface area contributed by atoms with Crippen LogP contribution in [0.1, 0.15) is 26.3 Å². The lowest BCUT2D eigenvalue weighted by molar-refractivity contribution is -0.0929. The van der Waals surface area contributed by atoms with Crippen LogP contribution in [0.3, 0.4) is 0 Å². The molecule has 19 heavy (non-hydrogen) atoms. The third kappa shape index (κ3) is 2.08. The number of rotatable bonds is 1. The SMILES string of the molecule is O=C1ON(C(=O)c2ccccc2)Cc2ccccc21. The Morgan fingerprint density at radius 3 is 2.47 bits per heavy atom. The highest BCUT2D eigenvalue weighted by Gasteiger charge is 2.28. The topological polar surface area (TPSA) is 46.6 Å². The van der Waals surface area contributed by atoms with Gasteiger partial charge in [-0.25, -0.2) is 4.79 Å². The zero-order valence-corrected chi connectivity index (χ0v) is 10.1. The Kier molecular flexibility index (Phi) is 2.76. The van der Waals surface area contributed by atoms with Crippen LogP contribution in [0.5, 0.6) is 0 Å². The Morgan fingerprint density at radius 2 is 1.68 bits per heavy atom. The van der Waals surface area contributed by atoms with E-state index in [4.69, 9.17) is 4.84 Å². The fourth-order valence-electron chi connectivity index (χ4n) is 2.03. The molecule has 4 nitrogen and oxygen atoms in total. The van der Waals surface area contributed by atoms with Gasteiger partial charge in [0.2, 0.25) is 0 Å². The molecule has 0 aliphatic carbocycles. The van der Waals surface area contributed by atoms with Crippen molar-refractivity contribution in [1.82, 2.24) is 5.06 Å². The van der Waals surface area contributed by atoms with Gasteiger partial charge in [-0.15, -0.1) is 0 Å². The van der Waals surface area contributed by atoms with Gasteiger partial charge >= 0.3 is 5.97 Å². The number of fused-ring (bicyclic) bond motifs is 1. The lowest BCUT2D eigenvalue weighted by Crippen LogP contribution is -2.37. The molecule has 1 aliphatic rings. The van der Waals surface area contributed by atoms with Crippen molar-refractivity contribution in [2.24, 2.45) is 0 Å². The number of hydrogen-bond donors (Lipinski definition) is 0. The second-order valence-corrected chi connectivity index (χ2v) is 4.24. The van der Waals surface area contributed by atoms with Crippen LogP contribution < -0.4 is 0 Å². The molecule has 2 aromatic rings. The number of carbonyl (C=O) groups is 2. The summed E-state index contributed by atoms with van der Waals surface area (Å²) in [6, 6.07) is 15.9. The van der Waals surface area contributed by atoms with Crippen molar-refractivity contribution < 1.29 is 14.4 Å². The number of amides is 1. The average molecular weight is 253 g/mol. The summed E-state index contributed by atoms with van der Waals surface area (Å²) in [5, 5.41) is 1.10. The van der Waals surface area contributed by atoms with Gasteiger partial charge in [-0.1, -0.05) is 36.4 Å². The predicted octanol–water partition coefficient (Wildman–Crippen LogP) is 2.41. The van der Waals surface area contributed by atoms with Crippen molar-refractivity contribution in [2.45, 2.75) is 6.54 Å². The highest BCUT2D eigenvalue weighted by atomic mass is 16.7. The van der Waals surface area contributed by atoms with E-state index in [0.29, 0.717) is 11.1 Å². The predicted molar refractivity (Wildman–Crippen MR) is 68.2 cm³/mol. The Labute approximate surface area is 110 Å². The molecule has 0 atom stereocenters. The van der Waals surface area contributed by atoms with E-state index in [1.165, 1.54) is 0 Å². The van der Waals surface area contributed by atoms with Gasteiger partial charge in [0.1, 0.15) is 0 Å². The fourth-order valence-corrected chi connectivity index (χ4v) is 2.03. The second-order valence-electron chi connectivity index (χ2n) is 4.24. The molecule has 0 spiro atoms. The maximum absolute atomic E-state index is 12.2. The monoisotopic (exact) mass is 253 g/mol. The summed E-state index contributed by atoms with van der Waals surface area (Å²) in [6.45, 7) is 0.273. The minimum atomic E-state index is -0.494. The van der Waals surface area contributed by atoms with E-state index in [1.807, 2.05) is 18.2 Å². The number of hydroxylamine groups is 2. The van der Waals surface area contributed by atoms with Crippen LogP contribution in [0.15, 0.2) is 54.6 Å². The van der Waals surface area contributed by atoms with Crippen LogP contribution in [-0.4, -0.2) is 16.9 Å². The fraction of sp³-hybridized carbons (Fsp3) is 0.0667. The Morgan fingerprint density at radius 1 is 1.00 bits per heavy atom. The van der Waals surface area contributed by atoms with Crippen LogP contribution in [0, 0.1) is 0 Å². The summed E-state index contributed by atoms with van der Waals surface area (Å²) in [4.78, 5) is 29.1. The minimum Gasteiger partial charge on any atom is -0.332 e. The van der Waals surface area contributed by atoms with Gasteiger partial charge < -0.3 is 4.84 Å². The van der Waals surface area contributed by atoms with E-state index in [-0.39, 0.29) is 12.5 Å². The van der Waals surface area contributed by atoms with Gasteiger partial charge in [-0.2, -0.15) is 5.06 Å². The molecule has 4 heteroatoms. The van der Waals surface area contributed by atoms with Gasteiger partial charge in [0, 0.05) is 5.56 Å². The van der Waals surface area contributed by atoms with Gasteiger partial charge in [0.05, 0.1) is 12.1 Å². The number of nitrogens with zero attached hydrogens (tertiary/aromatic N) is 1. The molecule has 0 radical (unpaired) electrons. The molecule has 1 aliphatic heterocycles. The zero-order chi connectivity index (χ0) is 13.2. The van der Waals surface area contributed by atoms with E-state index in [2.05, 4.69) is 0 Å². The van der Waals surface area contributed by atoms with Crippen molar-refractivity contribution in [3.8, 4) is 0 Å². The minimum absolute atomic E-state index is 0.273. The molecule has 3 rings (SSSR count). The summed E-state index contributed by atoms with van der Waals surface area (Å²) in [5.74, 6) is -0.811. The van der Waals surface area contributed by atoms with Gasteiger partial charge in [-0.3, -0.25) is 4.79 Å². The van der Waals surface area contributed by atoms with E-state index in [9.17, 15) is 9.59 Å². The molecule has 1 amide bonds. The quantitative estimate of drug-likeness (QED) is 0.784. The molecule has 0 bridgehead atoms. The first kappa shape index (κ1) is 11.5. The van der Waals surface area contributed by atoms with Gasteiger partial charge in [-0.05, 0) is 23.8 Å². The first-order valence-corrected chi connectivity index (χ1v) is 5.93. The smallest absolute Gasteiger partial charge is 0.332 e. The first-order valence-electron chi connectivity index (χ1n) is 5.93. The summed E-state index contributed by atoms with van der Waals surface area (Å²) in [7, 11) is 0. The molecule has 1 heterocycles. The number of hydrogen-bond acceptors (Lipinski definition) is 3. The lowest BCUT2D eigenvalue weighted by atomic mass is 10.1. The maximum atomic E-state index is 12.2. The number of carbonyl (C=O) groups excluding carboxylic acids is 2. The zero-order valence-electron chi connectivity index (χ0n) is 10.1. The Balaban J connectivity index is 1.90. The third-order valence-corrected chi connectivity index (χ3v) is 2.99. The molecule has 0 unspecified atom stereocenters. The highest BCUT2D eigenvalue weighted by molar-refractivity contribution is 5.97. The van der Waals surface area contributed by atoms with Crippen LogP contribution in [0.25, 0.3) is 0 Å². The van der Waals surface area contributed by atoms with Crippen LogP contribution in [0.2, 0.25) is 0 Å². The molecule has 0 N–H and O–H groups in total. The molecular formula is C15H11NO3. The molecule has 0 fully saturated rings. The highest BCUT2D eigenvalue weighted by Crippen LogP contribution is 2.21. The normalized spacial score (nSPS) is 13.7. The van der Waals surface area contributed by atoms with Crippen LogP contribution in [0.4, 0.5) is 0 Å². The summed E-state index contributed by atoms with van der Waals surface area (Å²) >= 11 is 0.